The van der Waals surface area contributed by atoms with E-state index in [2.05, 4.69) is 5.32 Å². The number of hydrogen-bond acceptors (Lipinski definition) is 4. The second-order valence-electron chi connectivity index (χ2n) is 8.18. The Morgan fingerprint density at radius 3 is 2.28 bits per heavy atom. The molecule has 0 atom stereocenters. The van der Waals surface area contributed by atoms with E-state index >= 15 is 0 Å². The first-order valence-electron chi connectivity index (χ1n) is 11.1. The molecule has 4 aromatic carbocycles. The number of amides is 1. The molecule has 4 aromatic rings. The van der Waals surface area contributed by atoms with Crippen LogP contribution in [0.2, 0.25) is 10.0 Å². The van der Waals surface area contributed by atoms with Gasteiger partial charge >= 0.3 is 0 Å². The van der Waals surface area contributed by atoms with Crippen LogP contribution in [-0.2, 0) is 16.6 Å². The second kappa shape index (κ2) is 11.2. The molecule has 0 aromatic heterocycles. The van der Waals surface area contributed by atoms with Gasteiger partial charge in [0.25, 0.3) is 5.91 Å². The Bertz CT molecular complexity index is 1470. The zero-order valence-corrected chi connectivity index (χ0v) is 21.8. The molecule has 0 bridgehead atoms. The summed E-state index contributed by atoms with van der Waals surface area (Å²) >= 11 is 12.1. The maximum atomic E-state index is 12.6. The van der Waals surface area contributed by atoms with E-state index in [0.717, 1.165) is 22.8 Å². The number of hydrogen-bond donors (Lipinski definition) is 1. The number of ether oxygens (including phenoxy) is 1. The fraction of sp³-hybridized carbons (Fsp3) is 0.148. The van der Waals surface area contributed by atoms with Gasteiger partial charge in [-0.15, -0.1) is 0 Å². The highest BCUT2D eigenvalue weighted by molar-refractivity contribution is 7.92. The number of anilines is 1. The van der Waals surface area contributed by atoms with E-state index < -0.39 is 10.0 Å². The van der Waals surface area contributed by atoms with Crippen molar-refractivity contribution in [2.45, 2.75) is 6.54 Å². The lowest BCUT2D eigenvalue weighted by atomic mass is 10.1. The van der Waals surface area contributed by atoms with Crippen LogP contribution in [0.3, 0.4) is 0 Å². The van der Waals surface area contributed by atoms with Crippen molar-refractivity contribution in [1.82, 2.24) is 5.32 Å². The summed E-state index contributed by atoms with van der Waals surface area (Å²) in [6, 6.07) is 25.2. The molecule has 0 heterocycles. The topological polar surface area (TPSA) is 75.7 Å². The molecule has 1 N–H and O–H groups in total. The quantitative estimate of drug-likeness (QED) is 0.266. The Morgan fingerprint density at radius 1 is 0.917 bits per heavy atom. The number of sulfonamides is 1. The summed E-state index contributed by atoms with van der Waals surface area (Å²) in [5, 5.41) is 5.62. The molecule has 0 radical (unpaired) electrons. The van der Waals surface area contributed by atoms with E-state index in [9.17, 15) is 13.2 Å². The van der Waals surface area contributed by atoms with E-state index in [0.29, 0.717) is 40.0 Å². The van der Waals surface area contributed by atoms with Crippen molar-refractivity contribution in [2.24, 2.45) is 0 Å². The third-order valence-electron chi connectivity index (χ3n) is 5.47. The van der Waals surface area contributed by atoms with Gasteiger partial charge in [0, 0.05) is 21.0 Å². The first-order valence-corrected chi connectivity index (χ1v) is 13.7. The smallest absolute Gasteiger partial charge is 0.251 e. The summed E-state index contributed by atoms with van der Waals surface area (Å²) in [7, 11) is -3.60. The van der Waals surface area contributed by atoms with Crippen LogP contribution in [0.4, 0.5) is 5.69 Å². The van der Waals surface area contributed by atoms with Crippen LogP contribution >= 0.6 is 23.2 Å². The molecular formula is C27H24Cl2N2O4S. The number of fused-ring (bicyclic) bond motifs is 1. The summed E-state index contributed by atoms with van der Waals surface area (Å²) in [6.45, 7) is 0.723. The predicted octanol–water partition coefficient (Wildman–Crippen LogP) is 5.92. The predicted molar refractivity (Wildman–Crippen MR) is 146 cm³/mol. The van der Waals surface area contributed by atoms with Gasteiger partial charge < -0.3 is 10.1 Å². The normalized spacial score (nSPS) is 11.3. The molecule has 0 spiro atoms. The number of nitrogens with zero attached hydrogens (tertiary/aromatic N) is 1. The minimum Gasteiger partial charge on any atom is -0.491 e. The van der Waals surface area contributed by atoms with Gasteiger partial charge in [-0.05, 0) is 47.3 Å². The minimum atomic E-state index is -3.60. The number of halogens is 2. The molecule has 0 unspecified atom stereocenters. The van der Waals surface area contributed by atoms with Crippen molar-refractivity contribution in [1.29, 1.82) is 0 Å². The zero-order valence-electron chi connectivity index (χ0n) is 19.4. The van der Waals surface area contributed by atoms with Gasteiger partial charge in [-0.3, -0.25) is 9.10 Å². The minimum absolute atomic E-state index is 0.0657. The molecule has 4 rings (SSSR count). The maximum absolute atomic E-state index is 12.6. The summed E-state index contributed by atoms with van der Waals surface area (Å²) in [6.07, 6.45) is 1.12. The Labute approximate surface area is 220 Å². The molecule has 9 heteroatoms. The van der Waals surface area contributed by atoms with Gasteiger partial charge in [0.15, 0.2) is 0 Å². The van der Waals surface area contributed by atoms with Crippen LogP contribution in [-0.4, -0.2) is 33.7 Å². The van der Waals surface area contributed by atoms with E-state index in [1.807, 2.05) is 42.5 Å². The van der Waals surface area contributed by atoms with Gasteiger partial charge in [-0.1, -0.05) is 71.7 Å². The van der Waals surface area contributed by atoms with Gasteiger partial charge in [0.05, 0.1) is 25.0 Å². The molecule has 0 aliphatic rings. The molecule has 1 amide bonds. The molecule has 0 saturated carbocycles. The number of carbonyl (C=O) groups is 1. The van der Waals surface area contributed by atoms with Crippen molar-refractivity contribution in [3.8, 4) is 5.75 Å². The first kappa shape index (κ1) is 25.8. The Hall–Kier alpha value is -3.26. The van der Waals surface area contributed by atoms with E-state index in [-0.39, 0.29) is 12.5 Å². The van der Waals surface area contributed by atoms with Gasteiger partial charge in [-0.25, -0.2) is 8.42 Å². The lowest BCUT2D eigenvalue weighted by Crippen LogP contribution is -2.29. The molecule has 0 aliphatic heterocycles. The van der Waals surface area contributed by atoms with Crippen molar-refractivity contribution < 1.29 is 17.9 Å². The van der Waals surface area contributed by atoms with Crippen LogP contribution in [0.5, 0.6) is 5.75 Å². The lowest BCUT2D eigenvalue weighted by Gasteiger charge is -2.23. The van der Waals surface area contributed by atoms with Crippen molar-refractivity contribution in [3.63, 3.8) is 0 Å². The standard InChI is InChI=1S/C27H24Cl2N2O4S/c1-36(33,34)31(24-16-22(28)15-23(29)17-24)18-19-9-11-21(12-10-19)27(32)30-13-14-35-26-8-4-6-20-5-2-3-7-25(20)26/h2-12,15-17H,13-14,18H2,1H3,(H,30,32). The van der Waals surface area contributed by atoms with Crippen molar-refractivity contribution in [2.75, 3.05) is 23.7 Å². The number of nitrogens with one attached hydrogen (secondary N) is 1. The molecule has 6 nitrogen and oxygen atoms in total. The molecule has 0 aliphatic carbocycles. The summed E-state index contributed by atoms with van der Waals surface area (Å²) in [5.41, 5.74) is 1.52. The third-order valence-corrected chi connectivity index (χ3v) is 7.05. The Morgan fingerprint density at radius 2 is 1.58 bits per heavy atom. The van der Waals surface area contributed by atoms with Crippen LogP contribution in [0.1, 0.15) is 15.9 Å². The number of rotatable bonds is 9. The van der Waals surface area contributed by atoms with Crippen LogP contribution in [0, 0.1) is 0 Å². The van der Waals surface area contributed by atoms with E-state index in [4.69, 9.17) is 27.9 Å². The highest BCUT2D eigenvalue weighted by atomic mass is 35.5. The molecule has 186 valence electrons. The molecule has 0 fully saturated rings. The van der Waals surface area contributed by atoms with Gasteiger partial charge in [0.2, 0.25) is 10.0 Å². The highest BCUT2D eigenvalue weighted by Crippen LogP contribution is 2.28. The van der Waals surface area contributed by atoms with E-state index in [1.165, 1.54) is 22.5 Å². The van der Waals surface area contributed by atoms with Crippen molar-refractivity contribution >= 4 is 55.6 Å². The molecule has 36 heavy (non-hydrogen) atoms. The van der Waals surface area contributed by atoms with Gasteiger partial charge in [-0.2, -0.15) is 0 Å². The van der Waals surface area contributed by atoms with Gasteiger partial charge in [0.1, 0.15) is 12.4 Å². The van der Waals surface area contributed by atoms with Crippen molar-refractivity contribution in [3.05, 3.63) is 106 Å². The first-order chi connectivity index (χ1) is 17.2. The lowest BCUT2D eigenvalue weighted by molar-refractivity contribution is 0.0947. The van der Waals surface area contributed by atoms with Crippen LogP contribution in [0.15, 0.2) is 84.9 Å². The monoisotopic (exact) mass is 542 g/mol. The van der Waals surface area contributed by atoms with E-state index in [1.54, 1.807) is 24.3 Å². The summed E-state index contributed by atoms with van der Waals surface area (Å²) in [5.74, 6) is 0.521. The van der Waals surface area contributed by atoms with Crippen LogP contribution in [0.25, 0.3) is 10.8 Å². The SMILES string of the molecule is CS(=O)(=O)N(Cc1ccc(C(=O)NCCOc2cccc3ccccc23)cc1)c1cc(Cl)cc(Cl)c1. The second-order valence-corrected chi connectivity index (χ2v) is 11.0. The Kier molecular flexibility index (Phi) is 8.04. The average molecular weight is 543 g/mol. The highest BCUT2D eigenvalue weighted by Gasteiger charge is 2.19. The third kappa shape index (κ3) is 6.49. The van der Waals surface area contributed by atoms with Crippen LogP contribution < -0.4 is 14.4 Å². The summed E-state index contributed by atoms with van der Waals surface area (Å²) in [4.78, 5) is 12.6. The average Bonchev–Trinajstić information content (AvgIpc) is 2.84. The molecule has 0 saturated heterocycles. The maximum Gasteiger partial charge on any atom is 0.251 e. The number of benzene rings is 4. The fourth-order valence-corrected chi connectivity index (χ4v) is 5.15. The fourth-order valence-electron chi connectivity index (χ4n) is 3.76. The summed E-state index contributed by atoms with van der Waals surface area (Å²) < 4.78 is 31.9. The zero-order chi connectivity index (χ0) is 25.7. The number of carbonyl (C=O) groups excluding carboxylic acids is 1. The Balaban J connectivity index is 1.36. The molecular weight excluding hydrogens is 519 g/mol. The largest absolute Gasteiger partial charge is 0.491 e.